The summed E-state index contributed by atoms with van der Waals surface area (Å²) in [5, 5.41) is 13.5. The van der Waals surface area contributed by atoms with Gasteiger partial charge in [0.1, 0.15) is 0 Å². The summed E-state index contributed by atoms with van der Waals surface area (Å²) in [7, 11) is 0. The van der Waals surface area contributed by atoms with Crippen molar-refractivity contribution >= 4 is 22.6 Å². The predicted octanol–water partition coefficient (Wildman–Crippen LogP) is 5.38. The van der Waals surface area contributed by atoms with Crippen molar-refractivity contribution in [3.63, 3.8) is 0 Å². The van der Waals surface area contributed by atoms with Gasteiger partial charge in [-0.1, -0.05) is 55.0 Å². The minimum Gasteiger partial charge on any atom is -0.449 e. The van der Waals surface area contributed by atoms with Crippen LogP contribution in [0.1, 0.15) is 36.8 Å². The van der Waals surface area contributed by atoms with Crippen molar-refractivity contribution in [3.8, 4) is 5.75 Å². The smallest absolute Gasteiger partial charge is 0.449 e. The van der Waals surface area contributed by atoms with Crippen molar-refractivity contribution in [2.45, 2.75) is 38.1 Å². The van der Waals surface area contributed by atoms with Gasteiger partial charge < -0.3 is 20.1 Å². The van der Waals surface area contributed by atoms with Crippen LogP contribution >= 0.6 is 0 Å². The number of H-pyrrole nitrogens is 1. The number of fused-ring (bicyclic) bond motifs is 1. The molecule has 29 heavy (non-hydrogen) atoms. The van der Waals surface area contributed by atoms with Gasteiger partial charge in [0.15, 0.2) is 5.75 Å². The van der Waals surface area contributed by atoms with Gasteiger partial charge in [0, 0.05) is 24.2 Å². The maximum atomic E-state index is 10.8. The number of carboxylic acid groups (broad SMARTS) is 1. The molecule has 0 fully saturated rings. The Morgan fingerprint density at radius 2 is 1.97 bits per heavy atom. The van der Waals surface area contributed by atoms with Gasteiger partial charge in [0.25, 0.3) is 0 Å². The van der Waals surface area contributed by atoms with Gasteiger partial charge in [-0.3, -0.25) is 0 Å². The molecule has 0 spiro atoms. The van der Waals surface area contributed by atoms with Gasteiger partial charge in [-0.2, -0.15) is 0 Å². The van der Waals surface area contributed by atoms with E-state index in [4.69, 9.17) is 9.84 Å². The molecule has 0 amide bonds. The summed E-state index contributed by atoms with van der Waals surface area (Å²) >= 11 is 0. The van der Waals surface area contributed by atoms with Gasteiger partial charge in [0.05, 0.1) is 5.52 Å². The molecule has 2 heterocycles. The zero-order valence-electron chi connectivity index (χ0n) is 16.4. The van der Waals surface area contributed by atoms with E-state index in [-0.39, 0.29) is 0 Å². The summed E-state index contributed by atoms with van der Waals surface area (Å²) in [6.07, 6.45) is 8.41. The number of nitrogens with one attached hydrogen (secondary N) is 2. The molecule has 0 aliphatic carbocycles. The zero-order valence-corrected chi connectivity index (χ0v) is 16.4. The Morgan fingerprint density at radius 3 is 2.79 bits per heavy atom. The van der Waals surface area contributed by atoms with Gasteiger partial charge in [0.2, 0.25) is 0 Å². The van der Waals surface area contributed by atoms with Crippen molar-refractivity contribution in [2.24, 2.45) is 0 Å². The van der Waals surface area contributed by atoms with E-state index < -0.39 is 6.16 Å². The van der Waals surface area contributed by atoms with E-state index in [1.807, 2.05) is 18.3 Å². The number of carbonyl (C=O) groups is 1. The van der Waals surface area contributed by atoms with Crippen LogP contribution in [0.4, 0.5) is 4.79 Å². The number of ether oxygens (including phenoxy) is 1. The van der Waals surface area contributed by atoms with E-state index in [1.165, 1.54) is 16.7 Å². The molecule has 3 aromatic rings. The van der Waals surface area contributed by atoms with Crippen molar-refractivity contribution in [2.75, 3.05) is 6.54 Å². The van der Waals surface area contributed by atoms with Gasteiger partial charge in [-0.25, -0.2) is 4.79 Å². The fourth-order valence-corrected chi connectivity index (χ4v) is 4.14. The Labute approximate surface area is 170 Å². The molecule has 4 rings (SSSR count). The highest BCUT2D eigenvalue weighted by Gasteiger charge is 2.16. The number of aromatic amines is 1. The van der Waals surface area contributed by atoms with E-state index in [2.05, 4.69) is 46.7 Å². The molecule has 0 radical (unpaired) electrons. The molecule has 1 unspecified atom stereocenters. The third kappa shape index (κ3) is 4.69. The summed E-state index contributed by atoms with van der Waals surface area (Å²) in [4.78, 5) is 14.0. The summed E-state index contributed by atoms with van der Waals surface area (Å²) in [5.74, 6) is 0.355. The third-order valence-corrected chi connectivity index (χ3v) is 5.57. The van der Waals surface area contributed by atoms with Crippen LogP contribution in [0.25, 0.3) is 16.5 Å². The molecule has 3 N–H and O–H groups in total. The first-order valence-electron chi connectivity index (χ1n) is 10.2. The SMILES string of the molecule is O=C(O)Oc1cccc2c(CCCCC3CC(c4ccccc4)=CCN3)c[nH]c12. The maximum absolute atomic E-state index is 10.8. The molecule has 0 saturated heterocycles. The lowest BCUT2D eigenvalue weighted by Crippen LogP contribution is -2.32. The minimum absolute atomic E-state index is 0.355. The molecule has 2 aromatic carbocycles. The second-order valence-corrected chi connectivity index (χ2v) is 7.51. The largest absolute Gasteiger partial charge is 0.511 e. The number of rotatable bonds is 7. The lowest BCUT2D eigenvalue weighted by molar-refractivity contribution is 0.145. The van der Waals surface area contributed by atoms with Crippen molar-refractivity contribution in [3.05, 3.63) is 71.9 Å². The van der Waals surface area contributed by atoms with Crippen LogP contribution in [0.5, 0.6) is 5.75 Å². The van der Waals surface area contributed by atoms with Gasteiger partial charge in [-0.15, -0.1) is 0 Å². The van der Waals surface area contributed by atoms with E-state index in [1.54, 1.807) is 6.07 Å². The molecule has 1 aromatic heterocycles. The lowest BCUT2D eigenvalue weighted by Gasteiger charge is -2.24. The fraction of sp³-hybridized carbons (Fsp3) is 0.292. The number of unbranched alkanes of at least 4 members (excludes halogenated alkanes) is 1. The molecule has 1 atom stereocenters. The van der Waals surface area contributed by atoms with Gasteiger partial charge >= 0.3 is 6.16 Å². The molecule has 1 aliphatic heterocycles. The molecule has 0 bridgehead atoms. The summed E-state index contributed by atoms with van der Waals surface area (Å²) in [6.45, 7) is 0.934. The standard InChI is InChI=1S/C24H26N2O3/c27-24(28)29-22-12-6-11-21-19(16-26-23(21)22)9-4-5-10-20-15-18(13-14-25-20)17-7-2-1-3-8-17/h1-3,6-8,11-13,16,20,25-26H,4-5,9-10,14-15H2,(H,27,28). The zero-order chi connectivity index (χ0) is 20.1. The van der Waals surface area contributed by atoms with E-state index >= 15 is 0 Å². The van der Waals surface area contributed by atoms with Gasteiger partial charge in [-0.05, 0) is 48.4 Å². The number of aromatic nitrogens is 1. The van der Waals surface area contributed by atoms with Crippen molar-refractivity contribution in [1.82, 2.24) is 10.3 Å². The first kappa shape index (κ1) is 19.3. The van der Waals surface area contributed by atoms with Crippen LogP contribution in [0.15, 0.2) is 60.8 Å². The first-order chi connectivity index (χ1) is 14.2. The summed E-state index contributed by atoms with van der Waals surface area (Å²) in [5.41, 5.74) is 4.72. The first-order valence-corrected chi connectivity index (χ1v) is 10.2. The Balaban J connectivity index is 1.30. The highest BCUT2D eigenvalue weighted by Crippen LogP contribution is 2.29. The Morgan fingerprint density at radius 1 is 1.10 bits per heavy atom. The second kappa shape index (κ2) is 8.97. The number of aryl methyl sites for hydroxylation is 1. The van der Waals surface area contributed by atoms with E-state index in [0.29, 0.717) is 11.8 Å². The molecule has 5 nitrogen and oxygen atoms in total. The number of hydrogen-bond donors (Lipinski definition) is 3. The van der Waals surface area contributed by atoms with Crippen LogP contribution in [0.2, 0.25) is 0 Å². The van der Waals surface area contributed by atoms with Crippen LogP contribution in [-0.2, 0) is 6.42 Å². The topological polar surface area (TPSA) is 74.3 Å². The van der Waals surface area contributed by atoms with E-state index in [9.17, 15) is 4.79 Å². The van der Waals surface area contributed by atoms with Crippen molar-refractivity contribution in [1.29, 1.82) is 0 Å². The predicted molar refractivity (Wildman–Crippen MR) is 115 cm³/mol. The molecule has 150 valence electrons. The Kier molecular flexibility index (Phi) is 5.96. The average molecular weight is 390 g/mol. The Hall–Kier alpha value is -3.05. The Bertz CT molecular complexity index is 1010. The minimum atomic E-state index is -1.29. The van der Waals surface area contributed by atoms with Crippen LogP contribution in [-0.4, -0.2) is 28.8 Å². The maximum Gasteiger partial charge on any atom is 0.511 e. The second-order valence-electron chi connectivity index (χ2n) is 7.51. The van der Waals surface area contributed by atoms with Crippen LogP contribution < -0.4 is 10.1 Å². The quantitative estimate of drug-likeness (QED) is 0.287. The van der Waals surface area contributed by atoms with Crippen LogP contribution in [0.3, 0.4) is 0 Å². The van der Waals surface area contributed by atoms with Crippen molar-refractivity contribution < 1.29 is 14.6 Å². The van der Waals surface area contributed by atoms with E-state index in [0.717, 1.165) is 49.6 Å². The normalized spacial score (nSPS) is 16.6. The molecular formula is C24H26N2O3. The third-order valence-electron chi connectivity index (χ3n) is 5.57. The molecular weight excluding hydrogens is 364 g/mol. The number of para-hydroxylation sites is 1. The molecule has 5 heteroatoms. The summed E-state index contributed by atoms with van der Waals surface area (Å²) in [6, 6.07) is 16.7. The number of hydrogen-bond acceptors (Lipinski definition) is 3. The fourth-order valence-electron chi connectivity index (χ4n) is 4.14. The molecule has 1 aliphatic rings. The highest BCUT2D eigenvalue weighted by atomic mass is 16.7. The monoisotopic (exact) mass is 390 g/mol. The lowest BCUT2D eigenvalue weighted by atomic mass is 9.92. The molecule has 0 saturated carbocycles. The number of benzene rings is 2. The summed E-state index contributed by atoms with van der Waals surface area (Å²) < 4.78 is 4.86. The highest BCUT2D eigenvalue weighted by molar-refractivity contribution is 5.89. The average Bonchev–Trinajstić information content (AvgIpc) is 3.16. The van der Waals surface area contributed by atoms with Crippen LogP contribution in [0, 0.1) is 0 Å².